The highest BCUT2D eigenvalue weighted by molar-refractivity contribution is 7.90. The Balaban J connectivity index is 2.35. The molecule has 1 saturated heterocycles. The van der Waals surface area contributed by atoms with Gasteiger partial charge in [0, 0.05) is 5.69 Å². The van der Waals surface area contributed by atoms with E-state index >= 15 is 0 Å². The fraction of sp³-hybridized carbons (Fsp3) is 0.300. The molecule has 0 bridgehead atoms. The fourth-order valence-corrected chi connectivity index (χ4v) is 2.39. The summed E-state index contributed by atoms with van der Waals surface area (Å²) >= 11 is 0. The van der Waals surface area contributed by atoms with Crippen molar-refractivity contribution in [2.24, 2.45) is 4.40 Å². The summed E-state index contributed by atoms with van der Waals surface area (Å²) < 4.78 is 27.3. The lowest BCUT2D eigenvalue weighted by molar-refractivity contribution is -0.220. The van der Waals surface area contributed by atoms with Crippen LogP contribution in [0.1, 0.15) is 6.92 Å². The highest BCUT2D eigenvalue weighted by Gasteiger charge is 2.43. The largest absolute Gasteiger partial charge is 0.399 e. The van der Waals surface area contributed by atoms with E-state index in [0.29, 0.717) is 5.69 Å². The van der Waals surface area contributed by atoms with Gasteiger partial charge in [0.15, 0.2) is 11.9 Å². The minimum atomic E-state index is -4.02. The van der Waals surface area contributed by atoms with Crippen LogP contribution in [0, 0.1) is 0 Å². The second kappa shape index (κ2) is 4.46. The quantitative estimate of drug-likeness (QED) is 0.510. The number of nitrogens with one attached hydrogen (secondary N) is 1. The van der Waals surface area contributed by atoms with E-state index in [-0.39, 0.29) is 10.7 Å². The molecule has 0 aliphatic carbocycles. The molecule has 1 aromatic carbocycles. The van der Waals surface area contributed by atoms with E-state index in [1.54, 1.807) is 0 Å². The molecular formula is C10H13N3O5S. The van der Waals surface area contributed by atoms with Gasteiger partial charge in [-0.3, -0.25) is 0 Å². The molecule has 9 heteroatoms. The van der Waals surface area contributed by atoms with E-state index < -0.39 is 21.9 Å². The molecule has 0 saturated carbocycles. The van der Waals surface area contributed by atoms with Gasteiger partial charge >= 0.3 is 0 Å². The Morgan fingerprint density at radius 2 is 2.00 bits per heavy atom. The van der Waals surface area contributed by atoms with Crippen molar-refractivity contribution in [3.63, 3.8) is 0 Å². The molecular weight excluding hydrogens is 274 g/mol. The van der Waals surface area contributed by atoms with Crippen molar-refractivity contribution >= 4 is 21.5 Å². The lowest BCUT2D eigenvalue weighted by atomic mass is 10.2. The van der Waals surface area contributed by atoms with Crippen LogP contribution in [0.2, 0.25) is 0 Å². The van der Waals surface area contributed by atoms with Gasteiger partial charge in [-0.2, -0.15) is 8.42 Å². The molecule has 1 aliphatic rings. The summed E-state index contributed by atoms with van der Waals surface area (Å²) in [5.74, 6) is -2.32. The number of sulfonamides is 1. The lowest BCUT2D eigenvalue weighted by Crippen LogP contribution is -2.38. The lowest BCUT2D eigenvalue weighted by Gasteiger charge is -2.15. The van der Waals surface area contributed by atoms with Crippen LogP contribution in [0.5, 0.6) is 0 Å². The van der Waals surface area contributed by atoms with Crippen molar-refractivity contribution in [2.75, 3.05) is 5.73 Å². The summed E-state index contributed by atoms with van der Waals surface area (Å²) in [5, 5.41) is 19.1. The summed E-state index contributed by atoms with van der Waals surface area (Å²) in [6.07, 6.45) is -1.59. The number of nitrogens with zero attached hydrogens (tertiary/aromatic N) is 1. The molecule has 19 heavy (non-hydrogen) atoms. The molecule has 1 aromatic rings. The minimum absolute atomic E-state index is 0.0882. The molecule has 0 spiro atoms. The molecule has 0 radical (unpaired) electrons. The number of anilines is 1. The first kappa shape index (κ1) is 13.7. The van der Waals surface area contributed by atoms with Gasteiger partial charge in [0.1, 0.15) is 0 Å². The zero-order valence-corrected chi connectivity index (χ0v) is 10.8. The Bertz CT molecular complexity index is 609. The highest BCUT2D eigenvalue weighted by atomic mass is 32.2. The summed E-state index contributed by atoms with van der Waals surface area (Å²) in [6, 6.07) is 5.40. The van der Waals surface area contributed by atoms with Crippen LogP contribution in [0.3, 0.4) is 0 Å². The Labute approximate surface area is 109 Å². The third-order valence-corrected chi connectivity index (χ3v) is 3.83. The Hall–Kier alpha value is -1.68. The van der Waals surface area contributed by atoms with Gasteiger partial charge in [0.25, 0.3) is 10.0 Å². The van der Waals surface area contributed by atoms with E-state index in [9.17, 15) is 18.6 Å². The van der Waals surface area contributed by atoms with Crippen molar-refractivity contribution < 1.29 is 23.5 Å². The number of benzene rings is 1. The maximum Gasteiger partial charge on any atom is 0.284 e. The van der Waals surface area contributed by atoms with Gasteiger partial charge in [-0.25, -0.2) is 10.3 Å². The van der Waals surface area contributed by atoms with Crippen molar-refractivity contribution in [1.29, 1.82) is 0 Å². The van der Waals surface area contributed by atoms with Gasteiger partial charge < -0.3 is 15.9 Å². The van der Waals surface area contributed by atoms with Crippen molar-refractivity contribution in [2.45, 2.75) is 23.7 Å². The molecule has 5 N–H and O–H groups in total. The number of nitrogen functional groups attached to an aromatic ring is 1. The smallest absolute Gasteiger partial charge is 0.284 e. The summed E-state index contributed by atoms with van der Waals surface area (Å²) in [7, 11) is -4.02. The number of aliphatic hydroxyl groups is 2. The molecule has 2 rings (SSSR count). The predicted molar refractivity (Wildman–Crippen MR) is 66.3 cm³/mol. The van der Waals surface area contributed by atoms with Gasteiger partial charge in [-0.05, 0) is 31.2 Å². The average Bonchev–Trinajstić information content (AvgIpc) is 2.56. The molecule has 1 fully saturated rings. The maximum absolute atomic E-state index is 11.9. The summed E-state index contributed by atoms with van der Waals surface area (Å²) in [5.41, 5.74) is 7.95. The van der Waals surface area contributed by atoms with Gasteiger partial charge in [0.05, 0.1) is 4.90 Å². The topological polar surface area (TPSA) is 134 Å². The number of hydroxylamine groups is 1. The Kier molecular flexibility index (Phi) is 3.22. The van der Waals surface area contributed by atoms with E-state index in [4.69, 9.17) is 5.73 Å². The number of amidine groups is 1. The van der Waals surface area contributed by atoms with Crippen LogP contribution in [-0.2, 0) is 14.9 Å². The summed E-state index contributed by atoms with van der Waals surface area (Å²) in [6.45, 7) is 1.17. The number of rotatable bonds is 2. The maximum atomic E-state index is 11.9. The SMILES string of the molecule is CC1(O)ONC(=NS(=O)(=O)c2ccc(N)cc2)C1O. The predicted octanol–water partition coefficient (Wildman–Crippen LogP) is -1.04. The van der Waals surface area contributed by atoms with Crippen LogP contribution in [0.4, 0.5) is 5.69 Å². The average molecular weight is 287 g/mol. The molecule has 2 atom stereocenters. The number of hydrogen-bond acceptors (Lipinski definition) is 6. The zero-order chi connectivity index (χ0) is 14.3. The van der Waals surface area contributed by atoms with Gasteiger partial charge in [-0.15, -0.1) is 4.40 Å². The van der Waals surface area contributed by atoms with E-state index in [1.165, 1.54) is 31.2 Å². The molecule has 0 amide bonds. The minimum Gasteiger partial charge on any atom is -0.399 e. The molecule has 104 valence electrons. The molecule has 1 heterocycles. The summed E-state index contributed by atoms with van der Waals surface area (Å²) in [4.78, 5) is 4.52. The Morgan fingerprint density at radius 1 is 1.42 bits per heavy atom. The van der Waals surface area contributed by atoms with Crippen LogP contribution in [0.25, 0.3) is 0 Å². The standard InChI is InChI=1S/C10H13N3O5S/c1-10(15)8(14)9(12-18-10)13-19(16,17)7-4-2-6(11)3-5-7/h2-5,8,14-15H,11H2,1H3,(H,12,13). The van der Waals surface area contributed by atoms with E-state index in [1.807, 2.05) is 0 Å². The Morgan fingerprint density at radius 3 is 2.47 bits per heavy atom. The second-order valence-electron chi connectivity index (χ2n) is 4.18. The fourth-order valence-electron chi connectivity index (χ4n) is 1.41. The number of nitrogens with two attached hydrogens (primary N) is 1. The normalized spacial score (nSPS) is 29.4. The molecule has 0 aromatic heterocycles. The first-order valence-corrected chi connectivity index (χ1v) is 6.71. The highest BCUT2D eigenvalue weighted by Crippen LogP contribution is 2.20. The first-order valence-electron chi connectivity index (χ1n) is 5.27. The van der Waals surface area contributed by atoms with E-state index in [2.05, 4.69) is 14.7 Å². The molecule has 8 nitrogen and oxygen atoms in total. The van der Waals surface area contributed by atoms with Crippen LogP contribution >= 0.6 is 0 Å². The number of hydrogen-bond donors (Lipinski definition) is 4. The van der Waals surface area contributed by atoms with Crippen molar-refractivity contribution in [3.05, 3.63) is 24.3 Å². The number of aliphatic hydroxyl groups excluding tert-OH is 1. The first-order chi connectivity index (χ1) is 8.72. The van der Waals surface area contributed by atoms with Gasteiger partial charge in [0.2, 0.25) is 5.79 Å². The zero-order valence-electron chi connectivity index (χ0n) is 9.94. The third kappa shape index (κ3) is 2.68. The van der Waals surface area contributed by atoms with Crippen LogP contribution < -0.4 is 11.2 Å². The molecule has 1 aliphatic heterocycles. The van der Waals surface area contributed by atoms with Crippen LogP contribution in [0.15, 0.2) is 33.6 Å². The van der Waals surface area contributed by atoms with Crippen molar-refractivity contribution in [3.8, 4) is 0 Å². The second-order valence-corrected chi connectivity index (χ2v) is 5.79. The molecule has 2 unspecified atom stereocenters. The monoisotopic (exact) mass is 287 g/mol. The third-order valence-electron chi connectivity index (χ3n) is 2.53. The van der Waals surface area contributed by atoms with Gasteiger partial charge in [-0.1, -0.05) is 0 Å². The van der Waals surface area contributed by atoms with Crippen molar-refractivity contribution in [1.82, 2.24) is 5.48 Å². The van der Waals surface area contributed by atoms with Crippen LogP contribution in [-0.4, -0.2) is 36.4 Å². The van der Waals surface area contributed by atoms with E-state index in [0.717, 1.165) is 0 Å².